The maximum absolute atomic E-state index is 12.9. The second kappa shape index (κ2) is 7.87. The lowest BCUT2D eigenvalue weighted by atomic mass is 10.0. The maximum atomic E-state index is 12.9. The highest BCUT2D eigenvalue weighted by Gasteiger charge is 2.46. The van der Waals surface area contributed by atoms with Crippen molar-refractivity contribution < 1.29 is 26.3 Å². The van der Waals surface area contributed by atoms with Gasteiger partial charge in [0.05, 0.1) is 17.2 Å². The van der Waals surface area contributed by atoms with Gasteiger partial charge >= 0.3 is 12.4 Å². The Kier molecular flexibility index (Phi) is 5.30. The van der Waals surface area contributed by atoms with Crippen LogP contribution in [0.4, 0.5) is 43.9 Å². The molecule has 0 bridgehead atoms. The quantitative estimate of drug-likeness (QED) is 0.525. The molecule has 0 amide bonds. The SMILES string of the molecule is N#CC1(c2cc(Nc3nc(NCC(F)(F)F)nc(-n4ccc(C(F)(F)F)n4)n3)ccn2)CC1. The summed E-state index contributed by atoms with van der Waals surface area (Å²) < 4.78 is 77.1. The molecule has 1 aliphatic rings. The van der Waals surface area contributed by atoms with Crippen molar-refractivity contribution in [2.45, 2.75) is 30.6 Å². The third-order valence-corrected chi connectivity index (χ3v) is 4.63. The minimum atomic E-state index is -4.73. The van der Waals surface area contributed by atoms with Crippen molar-refractivity contribution in [3.8, 4) is 12.0 Å². The maximum Gasteiger partial charge on any atom is 0.435 e. The zero-order chi connectivity index (χ0) is 23.9. The summed E-state index contributed by atoms with van der Waals surface area (Å²) in [6, 6.07) is 5.95. The number of hydrogen-bond donors (Lipinski definition) is 2. The van der Waals surface area contributed by atoms with E-state index in [9.17, 15) is 31.6 Å². The first-order valence-corrected chi connectivity index (χ1v) is 9.32. The van der Waals surface area contributed by atoms with Gasteiger partial charge in [-0.2, -0.15) is 51.7 Å². The number of rotatable bonds is 6. The number of halogens is 6. The molecule has 33 heavy (non-hydrogen) atoms. The average molecular weight is 469 g/mol. The van der Waals surface area contributed by atoms with E-state index in [0.29, 0.717) is 35.0 Å². The van der Waals surface area contributed by atoms with Gasteiger partial charge in [-0.3, -0.25) is 4.98 Å². The monoisotopic (exact) mass is 469 g/mol. The van der Waals surface area contributed by atoms with Crippen LogP contribution in [0.3, 0.4) is 0 Å². The second-order valence-corrected chi connectivity index (χ2v) is 7.14. The lowest BCUT2D eigenvalue weighted by molar-refractivity contribution is -0.141. The van der Waals surface area contributed by atoms with Crippen LogP contribution in [0.2, 0.25) is 0 Å². The molecule has 0 unspecified atom stereocenters. The van der Waals surface area contributed by atoms with Gasteiger partial charge in [0.25, 0.3) is 5.95 Å². The number of pyridine rings is 1. The minimum Gasteiger partial charge on any atom is -0.345 e. The van der Waals surface area contributed by atoms with Crippen molar-refractivity contribution >= 4 is 17.6 Å². The topological polar surface area (TPSA) is 117 Å². The summed E-state index contributed by atoms with van der Waals surface area (Å²) in [7, 11) is 0. The van der Waals surface area contributed by atoms with E-state index in [1.165, 1.54) is 12.3 Å². The van der Waals surface area contributed by atoms with Crippen LogP contribution in [-0.4, -0.2) is 42.4 Å². The van der Waals surface area contributed by atoms with Gasteiger partial charge in [-0.15, -0.1) is 0 Å². The van der Waals surface area contributed by atoms with Crippen LogP contribution in [0.25, 0.3) is 5.95 Å². The molecule has 3 heterocycles. The third-order valence-electron chi connectivity index (χ3n) is 4.63. The number of nitriles is 1. The van der Waals surface area contributed by atoms with E-state index < -0.39 is 41.9 Å². The van der Waals surface area contributed by atoms with Crippen molar-refractivity contribution in [3.63, 3.8) is 0 Å². The van der Waals surface area contributed by atoms with Crippen molar-refractivity contribution in [3.05, 3.63) is 42.0 Å². The molecule has 3 aromatic heterocycles. The van der Waals surface area contributed by atoms with Gasteiger partial charge < -0.3 is 10.6 Å². The molecule has 0 saturated heterocycles. The highest BCUT2D eigenvalue weighted by Crippen LogP contribution is 2.47. The number of nitrogens with zero attached hydrogens (tertiary/aromatic N) is 7. The summed E-state index contributed by atoms with van der Waals surface area (Å²) in [6.45, 7) is -1.48. The molecule has 1 aliphatic carbocycles. The Labute approximate surface area is 181 Å². The predicted octanol–water partition coefficient (Wildman–Crippen LogP) is 3.74. The lowest BCUT2D eigenvalue weighted by Crippen LogP contribution is -2.23. The average Bonchev–Trinajstić information content (AvgIpc) is 3.38. The Morgan fingerprint density at radius 3 is 2.39 bits per heavy atom. The van der Waals surface area contributed by atoms with Gasteiger partial charge in [-0.25, -0.2) is 4.68 Å². The highest BCUT2D eigenvalue weighted by molar-refractivity contribution is 5.56. The van der Waals surface area contributed by atoms with Crippen molar-refractivity contribution in [2.75, 3.05) is 17.2 Å². The zero-order valence-electron chi connectivity index (χ0n) is 16.4. The molecule has 1 fully saturated rings. The van der Waals surface area contributed by atoms with E-state index in [4.69, 9.17) is 0 Å². The molecule has 172 valence electrons. The Balaban J connectivity index is 1.67. The predicted molar refractivity (Wildman–Crippen MR) is 101 cm³/mol. The molecular formula is C18H13F6N9. The molecule has 0 spiro atoms. The van der Waals surface area contributed by atoms with Crippen LogP contribution in [-0.2, 0) is 11.6 Å². The standard InChI is InChI=1S/C18H13F6N9/c19-17(20,21)9-27-13-29-14(28-10-1-5-26-12(7-10)16(8-25)3-4-16)31-15(30-13)33-6-2-11(32-33)18(22,23)24/h1-2,5-7H,3-4,9H2,(H2,26,27,28,29,30,31). The van der Waals surface area contributed by atoms with Gasteiger partial charge in [0.1, 0.15) is 6.54 Å². The molecule has 0 radical (unpaired) electrons. The second-order valence-electron chi connectivity index (χ2n) is 7.14. The molecule has 1 saturated carbocycles. The largest absolute Gasteiger partial charge is 0.435 e. The summed E-state index contributed by atoms with van der Waals surface area (Å²) in [5.41, 5.74) is -1.05. The Bertz CT molecular complexity index is 1210. The lowest BCUT2D eigenvalue weighted by Gasteiger charge is -2.12. The first kappa shape index (κ1) is 22.2. The van der Waals surface area contributed by atoms with Gasteiger partial charge in [0.15, 0.2) is 5.69 Å². The van der Waals surface area contributed by atoms with E-state index in [-0.39, 0.29) is 5.95 Å². The first-order chi connectivity index (χ1) is 15.5. The number of aromatic nitrogens is 6. The molecule has 9 nitrogen and oxygen atoms in total. The van der Waals surface area contributed by atoms with Crippen LogP contribution >= 0.6 is 0 Å². The van der Waals surface area contributed by atoms with Crippen molar-refractivity contribution in [1.82, 2.24) is 29.7 Å². The number of alkyl halides is 6. The molecule has 4 rings (SSSR count). The van der Waals surface area contributed by atoms with Crippen molar-refractivity contribution in [1.29, 1.82) is 5.26 Å². The third kappa shape index (κ3) is 5.10. The highest BCUT2D eigenvalue weighted by atomic mass is 19.4. The fourth-order valence-corrected chi connectivity index (χ4v) is 2.82. The fraction of sp³-hybridized carbons (Fsp3) is 0.333. The fourth-order valence-electron chi connectivity index (χ4n) is 2.82. The van der Waals surface area contributed by atoms with Crippen LogP contribution in [0, 0.1) is 11.3 Å². The summed E-state index contributed by atoms with van der Waals surface area (Å²) in [6.07, 6.45) is -5.69. The van der Waals surface area contributed by atoms with Gasteiger partial charge in [-0.05, 0) is 31.0 Å². The first-order valence-electron chi connectivity index (χ1n) is 9.32. The Morgan fingerprint density at radius 1 is 1.06 bits per heavy atom. The van der Waals surface area contributed by atoms with Gasteiger partial charge in [-0.1, -0.05) is 0 Å². The molecule has 3 aromatic rings. The van der Waals surface area contributed by atoms with Crippen LogP contribution < -0.4 is 10.6 Å². The van der Waals surface area contributed by atoms with E-state index >= 15 is 0 Å². The van der Waals surface area contributed by atoms with E-state index in [0.717, 1.165) is 6.20 Å². The van der Waals surface area contributed by atoms with Gasteiger partial charge in [0, 0.05) is 18.1 Å². The summed E-state index contributed by atoms with van der Waals surface area (Å²) in [4.78, 5) is 15.7. The van der Waals surface area contributed by atoms with Gasteiger partial charge in [0.2, 0.25) is 11.9 Å². The molecule has 0 atom stereocenters. The van der Waals surface area contributed by atoms with Crippen LogP contribution in [0.1, 0.15) is 24.2 Å². The van der Waals surface area contributed by atoms with Crippen molar-refractivity contribution in [2.24, 2.45) is 0 Å². The molecule has 15 heteroatoms. The number of anilines is 3. The van der Waals surface area contributed by atoms with E-state index in [1.807, 2.05) is 5.32 Å². The summed E-state index contributed by atoms with van der Waals surface area (Å²) >= 11 is 0. The Hall–Kier alpha value is -3.96. The summed E-state index contributed by atoms with van der Waals surface area (Å²) in [5.74, 6) is -1.24. The molecule has 2 N–H and O–H groups in total. The smallest absolute Gasteiger partial charge is 0.345 e. The Morgan fingerprint density at radius 2 is 1.79 bits per heavy atom. The number of nitrogens with one attached hydrogen (secondary N) is 2. The van der Waals surface area contributed by atoms with Crippen LogP contribution in [0.5, 0.6) is 0 Å². The van der Waals surface area contributed by atoms with E-state index in [2.05, 4.69) is 36.4 Å². The summed E-state index contributed by atoms with van der Waals surface area (Å²) in [5, 5.41) is 17.4. The van der Waals surface area contributed by atoms with Crippen LogP contribution in [0.15, 0.2) is 30.6 Å². The molecule has 0 aliphatic heterocycles. The number of hydrogen-bond acceptors (Lipinski definition) is 8. The molecule has 0 aromatic carbocycles. The van der Waals surface area contributed by atoms with E-state index in [1.54, 1.807) is 6.07 Å². The minimum absolute atomic E-state index is 0.257. The molecular weight excluding hydrogens is 456 g/mol. The zero-order valence-corrected chi connectivity index (χ0v) is 16.4. The normalized spacial score (nSPS) is 15.1.